The molecule has 7 heteroatoms. The fourth-order valence-electron chi connectivity index (χ4n) is 1.74. The van der Waals surface area contributed by atoms with Crippen LogP contribution in [0.3, 0.4) is 0 Å². The number of ketones is 1. The van der Waals surface area contributed by atoms with Gasteiger partial charge in [0.05, 0.1) is 11.9 Å². The third-order valence-corrected chi connectivity index (χ3v) is 4.24. The fraction of sp³-hybridized carbons (Fsp3) is 0.357. The highest BCUT2D eigenvalue weighted by molar-refractivity contribution is 8.00. The lowest BCUT2D eigenvalue weighted by atomic mass is 10.1. The average molecular weight is 326 g/mol. The summed E-state index contributed by atoms with van der Waals surface area (Å²) in [6, 6.07) is 6.90. The molecule has 0 saturated carbocycles. The van der Waals surface area contributed by atoms with E-state index < -0.39 is 0 Å². The molecular formula is C14H16ClN3O2S. The highest BCUT2D eigenvalue weighted by atomic mass is 35.5. The van der Waals surface area contributed by atoms with E-state index in [0.29, 0.717) is 28.9 Å². The fourth-order valence-corrected chi connectivity index (χ4v) is 2.79. The molecule has 0 aliphatic heterocycles. The lowest BCUT2D eigenvalue weighted by molar-refractivity contribution is 0.0994. The third kappa shape index (κ3) is 4.30. The van der Waals surface area contributed by atoms with E-state index in [1.165, 1.54) is 11.8 Å². The second-order valence-electron chi connectivity index (χ2n) is 4.43. The van der Waals surface area contributed by atoms with Gasteiger partial charge in [-0.3, -0.25) is 4.79 Å². The van der Waals surface area contributed by atoms with Crippen molar-refractivity contribution in [2.75, 3.05) is 13.7 Å². The molecule has 0 spiro atoms. The Bertz CT molecular complexity index is 601. The van der Waals surface area contributed by atoms with Crippen LogP contribution in [-0.2, 0) is 11.3 Å². The maximum absolute atomic E-state index is 12.4. The molecule has 0 bridgehead atoms. The van der Waals surface area contributed by atoms with E-state index in [-0.39, 0.29) is 11.0 Å². The number of carbonyl (C=O) groups is 1. The van der Waals surface area contributed by atoms with Crippen molar-refractivity contribution in [3.05, 3.63) is 41.2 Å². The predicted molar refractivity (Wildman–Crippen MR) is 83.0 cm³/mol. The largest absolute Gasteiger partial charge is 0.383 e. The molecule has 0 saturated heterocycles. The van der Waals surface area contributed by atoms with Crippen LogP contribution in [0.15, 0.2) is 35.7 Å². The minimum Gasteiger partial charge on any atom is -0.383 e. The highest BCUT2D eigenvalue weighted by Gasteiger charge is 2.19. The van der Waals surface area contributed by atoms with Crippen LogP contribution < -0.4 is 0 Å². The Morgan fingerprint density at radius 2 is 2.14 bits per heavy atom. The van der Waals surface area contributed by atoms with Gasteiger partial charge in [-0.25, -0.2) is 0 Å². The molecule has 1 atom stereocenters. The minimum absolute atomic E-state index is 0.0398. The third-order valence-electron chi connectivity index (χ3n) is 2.90. The van der Waals surface area contributed by atoms with E-state index in [0.717, 1.165) is 0 Å². The van der Waals surface area contributed by atoms with Gasteiger partial charge in [0.25, 0.3) is 0 Å². The van der Waals surface area contributed by atoms with Crippen molar-refractivity contribution in [2.24, 2.45) is 0 Å². The number of halogens is 1. The molecule has 0 amide bonds. The average Bonchev–Trinajstić information content (AvgIpc) is 2.92. The van der Waals surface area contributed by atoms with Crippen LogP contribution in [0.2, 0.25) is 5.02 Å². The molecule has 2 rings (SSSR count). The number of nitrogens with zero attached hydrogens (tertiary/aromatic N) is 3. The van der Waals surface area contributed by atoms with E-state index >= 15 is 0 Å². The zero-order valence-corrected chi connectivity index (χ0v) is 13.4. The molecule has 112 valence electrons. The number of hydrogen-bond donors (Lipinski definition) is 0. The predicted octanol–water partition coefficient (Wildman–Crippen LogP) is 2.94. The normalized spacial score (nSPS) is 12.3. The Kier molecular flexibility index (Phi) is 5.78. The lowest BCUT2D eigenvalue weighted by Crippen LogP contribution is -2.15. The molecule has 2 aromatic rings. The first kappa shape index (κ1) is 16.0. The van der Waals surface area contributed by atoms with Crippen LogP contribution in [-0.4, -0.2) is 39.5 Å². The van der Waals surface area contributed by atoms with Crippen LogP contribution in [0, 0.1) is 0 Å². The molecular weight excluding hydrogens is 310 g/mol. The Hall–Kier alpha value is -1.37. The summed E-state index contributed by atoms with van der Waals surface area (Å²) in [6.07, 6.45) is 1.64. The first-order valence-electron chi connectivity index (χ1n) is 6.45. The Labute approximate surface area is 132 Å². The van der Waals surface area contributed by atoms with Gasteiger partial charge in [0, 0.05) is 24.2 Å². The summed E-state index contributed by atoms with van der Waals surface area (Å²) in [7, 11) is 1.64. The number of aromatic nitrogens is 3. The smallest absolute Gasteiger partial charge is 0.191 e. The van der Waals surface area contributed by atoms with E-state index in [9.17, 15) is 4.79 Å². The van der Waals surface area contributed by atoms with Crippen LogP contribution in [0.25, 0.3) is 0 Å². The summed E-state index contributed by atoms with van der Waals surface area (Å²) in [5.41, 5.74) is 0.641. The second-order valence-corrected chi connectivity index (χ2v) is 6.18. The summed E-state index contributed by atoms with van der Waals surface area (Å²) in [5, 5.41) is 9.00. The van der Waals surface area contributed by atoms with E-state index in [2.05, 4.69) is 10.2 Å². The Morgan fingerprint density at radius 1 is 1.43 bits per heavy atom. The number of carbonyl (C=O) groups excluding carboxylic acids is 1. The van der Waals surface area contributed by atoms with Crippen LogP contribution in [0.4, 0.5) is 0 Å². The zero-order chi connectivity index (χ0) is 15.2. The first-order valence-corrected chi connectivity index (χ1v) is 7.70. The van der Waals surface area contributed by atoms with E-state index in [4.69, 9.17) is 16.3 Å². The number of ether oxygens (including phenoxy) is 1. The van der Waals surface area contributed by atoms with Crippen molar-refractivity contribution in [3.8, 4) is 0 Å². The molecule has 1 aromatic heterocycles. The zero-order valence-electron chi connectivity index (χ0n) is 11.8. The van der Waals surface area contributed by atoms with Crippen molar-refractivity contribution in [1.82, 2.24) is 14.8 Å². The summed E-state index contributed by atoms with van der Waals surface area (Å²) < 4.78 is 6.91. The van der Waals surface area contributed by atoms with Gasteiger partial charge in [0.15, 0.2) is 10.9 Å². The summed E-state index contributed by atoms with van der Waals surface area (Å²) in [5.74, 6) is 0.0398. The highest BCUT2D eigenvalue weighted by Crippen LogP contribution is 2.24. The van der Waals surface area contributed by atoms with Crippen LogP contribution in [0.5, 0.6) is 0 Å². The molecule has 21 heavy (non-hydrogen) atoms. The standard InChI is InChI=1S/C14H16ClN3O2S/c1-10(13(19)11-3-5-12(15)6-4-11)21-14-17-16-9-18(14)7-8-20-2/h3-6,9-10H,7-8H2,1-2H3. The van der Waals surface area contributed by atoms with Crippen LogP contribution >= 0.6 is 23.4 Å². The molecule has 0 aliphatic rings. The quantitative estimate of drug-likeness (QED) is 0.578. The first-order chi connectivity index (χ1) is 10.1. The Balaban J connectivity index is 2.03. The minimum atomic E-state index is -0.253. The monoisotopic (exact) mass is 325 g/mol. The summed E-state index contributed by atoms with van der Waals surface area (Å²) >= 11 is 7.22. The molecule has 0 radical (unpaired) electrons. The van der Waals surface area contributed by atoms with Crippen molar-refractivity contribution in [1.29, 1.82) is 0 Å². The lowest BCUT2D eigenvalue weighted by Gasteiger charge is -2.11. The number of Topliss-reactive ketones (excluding diaryl/α,β-unsaturated/α-hetero) is 1. The maximum Gasteiger partial charge on any atom is 0.191 e. The van der Waals surface area contributed by atoms with Crippen molar-refractivity contribution >= 4 is 29.1 Å². The van der Waals surface area contributed by atoms with Gasteiger partial charge in [-0.2, -0.15) is 0 Å². The molecule has 1 unspecified atom stereocenters. The van der Waals surface area contributed by atoms with Gasteiger partial charge in [0.2, 0.25) is 0 Å². The molecule has 1 heterocycles. The van der Waals surface area contributed by atoms with E-state index in [1.807, 2.05) is 11.5 Å². The molecule has 0 aliphatic carbocycles. The maximum atomic E-state index is 12.4. The number of hydrogen-bond acceptors (Lipinski definition) is 5. The van der Waals surface area contributed by atoms with Gasteiger partial charge in [-0.1, -0.05) is 23.4 Å². The van der Waals surface area contributed by atoms with E-state index in [1.54, 1.807) is 37.7 Å². The second kappa shape index (κ2) is 7.59. The summed E-state index contributed by atoms with van der Waals surface area (Å²) in [4.78, 5) is 12.4. The van der Waals surface area contributed by atoms with Gasteiger partial charge < -0.3 is 9.30 Å². The van der Waals surface area contributed by atoms with Gasteiger partial charge in [-0.05, 0) is 31.2 Å². The van der Waals surface area contributed by atoms with Gasteiger partial charge >= 0.3 is 0 Å². The van der Waals surface area contributed by atoms with Crippen molar-refractivity contribution in [2.45, 2.75) is 23.9 Å². The van der Waals surface area contributed by atoms with Gasteiger partial charge in [0.1, 0.15) is 6.33 Å². The summed E-state index contributed by atoms with van der Waals surface area (Å²) in [6.45, 7) is 3.09. The van der Waals surface area contributed by atoms with Crippen LogP contribution in [0.1, 0.15) is 17.3 Å². The molecule has 0 fully saturated rings. The topological polar surface area (TPSA) is 57.0 Å². The molecule has 1 aromatic carbocycles. The number of benzene rings is 1. The Morgan fingerprint density at radius 3 is 2.81 bits per heavy atom. The SMILES string of the molecule is COCCn1cnnc1SC(C)C(=O)c1ccc(Cl)cc1. The van der Waals surface area contributed by atoms with Crippen molar-refractivity contribution in [3.63, 3.8) is 0 Å². The van der Waals surface area contributed by atoms with Crippen molar-refractivity contribution < 1.29 is 9.53 Å². The molecule has 5 nitrogen and oxygen atoms in total. The van der Waals surface area contributed by atoms with Gasteiger partial charge in [-0.15, -0.1) is 10.2 Å². The molecule has 0 N–H and O–H groups in total. The number of thioether (sulfide) groups is 1. The number of rotatable bonds is 7. The number of methoxy groups -OCH3 is 1.